The van der Waals surface area contributed by atoms with Gasteiger partial charge in [-0.25, -0.2) is 0 Å². The topological polar surface area (TPSA) is 81.3 Å². The standard InChI is InChI=1S/CN.HO3P/c1-2;1-4(2)3/h;(H-,1,2,3)/q-1;/p+1. The first-order valence-electron chi connectivity index (χ1n) is 0.806. The molecule has 0 aliphatic carbocycles. The van der Waals surface area contributed by atoms with Crippen molar-refractivity contribution in [3.63, 3.8) is 0 Å². The molecule has 0 aliphatic rings. The van der Waals surface area contributed by atoms with Gasteiger partial charge >= 0.3 is 8.25 Å². The van der Waals surface area contributed by atoms with Gasteiger partial charge in [0.05, 0.1) is 0 Å². The van der Waals surface area contributed by atoms with Gasteiger partial charge in [-0.15, -0.1) is 9.79 Å². The average molecular weight is 107 g/mol. The van der Waals surface area contributed by atoms with Crippen molar-refractivity contribution in [3.8, 4) is 0 Å². The van der Waals surface area contributed by atoms with Gasteiger partial charge in [-0.1, -0.05) is 0 Å². The molecule has 0 bridgehead atoms. The van der Waals surface area contributed by atoms with Gasteiger partial charge in [0.15, 0.2) is 0 Å². The Balaban J connectivity index is 0. The van der Waals surface area contributed by atoms with Crippen molar-refractivity contribution in [3.05, 3.63) is 6.57 Å². The summed E-state index contributed by atoms with van der Waals surface area (Å²) >= 11 is 0. The Morgan fingerprint density at radius 2 is 1.50 bits per heavy atom. The molecule has 0 saturated heterocycles. The second-order valence-corrected chi connectivity index (χ2v) is 0.758. The molecule has 0 radical (unpaired) electrons. The number of hydrogen-bond donors (Lipinski definition) is 2. The summed E-state index contributed by atoms with van der Waals surface area (Å²) in [6.45, 7) is 4.75. The summed E-state index contributed by atoms with van der Waals surface area (Å²) in [4.78, 5) is 14.2. The quantitative estimate of drug-likeness (QED) is 0.329. The van der Waals surface area contributed by atoms with E-state index < -0.39 is 8.25 Å². The van der Waals surface area contributed by atoms with Crippen LogP contribution in [0.3, 0.4) is 0 Å². The third kappa shape index (κ3) is 92.1. The van der Waals surface area contributed by atoms with Crippen LogP contribution in [0.4, 0.5) is 0 Å². The van der Waals surface area contributed by atoms with Crippen LogP contribution in [0.15, 0.2) is 0 Å². The molecule has 0 heterocycles. The van der Waals surface area contributed by atoms with Crippen LogP contribution < -0.4 is 0 Å². The zero-order chi connectivity index (χ0) is 5.58. The zero-order valence-electron chi connectivity index (χ0n) is 2.70. The van der Waals surface area contributed by atoms with E-state index >= 15 is 0 Å². The Hall–Kier alpha value is -0.490. The van der Waals surface area contributed by atoms with Gasteiger partial charge in [0, 0.05) is 4.57 Å². The lowest BCUT2D eigenvalue weighted by Gasteiger charge is -1.34. The number of nitrogens with zero attached hydrogens (tertiary/aromatic N) is 1. The monoisotopic (exact) mass is 107 g/mol. The molecule has 0 aromatic carbocycles. The first-order valence-corrected chi connectivity index (χ1v) is 1.97. The van der Waals surface area contributed by atoms with Crippen LogP contribution in [-0.4, -0.2) is 9.79 Å². The minimum atomic E-state index is -2.87. The van der Waals surface area contributed by atoms with E-state index in [0.717, 1.165) is 0 Å². The minimum Gasteiger partial charge on any atom is -0.512 e. The average Bonchev–Trinajstić information content (AvgIpc) is 1.41. The highest BCUT2D eigenvalue weighted by Gasteiger charge is 1.93. The summed E-state index contributed by atoms with van der Waals surface area (Å²) in [6.07, 6.45) is 0. The molecule has 0 aromatic rings. The van der Waals surface area contributed by atoms with Gasteiger partial charge in [-0.2, -0.15) is 0 Å². The molecular formula is CH2NO3P. The highest BCUT2D eigenvalue weighted by molar-refractivity contribution is 7.30. The molecule has 0 saturated carbocycles. The van der Waals surface area contributed by atoms with Crippen LogP contribution in [0.25, 0.3) is 0 Å². The molecule has 0 aromatic heterocycles. The molecular weight excluding hydrogens is 105 g/mol. The molecule has 0 aliphatic heterocycles. The molecule has 0 atom stereocenters. The molecule has 2 N–H and O–H groups in total. The molecule has 6 heavy (non-hydrogen) atoms. The molecule has 0 rings (SSSR count). The Kier molecular flexibility index (Phi) is 13.4. The second-order valence-electron chi connectivity index (χ2n) is 0.253. The summed E-state index contributed by atoms with van der Waals surface area (Å²) in [5.41, 5.74) is 0. The first-order chi connectivity index (χ1) is 2.73. The van der Waals surface area contributed by atoms with E-state index in [9.17, 15) is 0 Å². The van der Waals surface area contributed by atoms with E-state index in [0.29, 0.717) is 0 Å². The highest BCUT2D eigenvalue weighted by atomic mass is 31.1. The van der Waals surface area contributed by atoms with E-state index in [2.05, 4.69) is 0 Å². The van der Waals surface area contributed by atoms with Crippen molar-refractivity contribution in [1.29, 1.82) is 5.26 Å². The Morgan fingerprint density at radius 3 is 1.50 bits per heavy atom. The van der Waals surface area contributed by atoms with Gasteiger partial charge < -0.3 is 11.8 Å². The fourth-order valence-corrected chi connectivity index (χ4v) is 0. The molecule has 5 heteroatoms. The molecule has 0 unspecified atom stereocenters. The molecule has 0 spiro atoms. The van der Waals surface area contributed by atoms with E-state index in [1.54, 1.807) is 0 Å². The van der Waals surface area contributed by atoms with Crippen LogP contribution in [0.1, 0.15) is 0 Å². The third-order valence-electron chi connectivity index (χ3n) is 0. The summed E-state index contributed by atoms with van der Waals surface area (Å²) < 4.78 is 8.70. The normalized spacial score (nSPS) is 4.67. The SMILES string of the molecule is O=[P+](O)O.[C-]#N. The van der Waals surface area contributed by atoms with E-state index in [1.807, 2.05) is 0 Å². The van der Waals surface area contributed by atoms with Gasteiger partial charge in [0.25, 0.3) is 0 Å². The van der Waals surface area contributed by atoms with E-state index in [-0.39, 0.29) is 0 Å². The fraction of sp³-hybridized carbons (Fsp3) is 0. The molecule has 4 nitrogen and oxygen atoms in total. The van der Waals surface area contributed by atoms with Crippen molar-refractivity contribution in [2.75, 3.05) is 0 Å². The fourth-order valence-electron chi connectivity index (χ4n) is 0. The van der Waals surface area contributed by atoms with Crippen molar-refractivity contribution in [2.24, 2.45) is 0 Å². The Morgan fingerprint density at radius 1 is 1.50 bits per heavy atom. The van der Waals surface area contributed by atoms with Crippen molar-refractivity contribution < 1.29 is 14.4 Å². The zero-order valence-corrected chi connectivity index (χ0v) is 3.59. The maximum absolute atomic E-state index is 8.70. The van der Waals surface area contributed by atoms with Crippen LogP contribution in [0.2, 0.25) is 0 Å². The summed E-state index contributed by atoms with van der Waals surface area (Å²) in [7, 11) is -2.87. The Labute approximate surface area is 35.6 Å². The van der Waals surface area contributed by atoms with E-state index in [4.69, 9.17) is 26.2 Å². The van der Waals surface area contributed by atoms with Crippen LogP contribution in [0, 0.1) is 11.8 Å². The maximum atomic E-state index is 8.70. The largest absolute Gasteiger partial charge is 0.692 e. The highest BCUT2D eigenvalue weighted by Crippen LogP contribution is 1.98. The number of rotatable bonds is 0. The third-order valence-corrected chi connectivity index (χ3v) is 0. The molecule has 0 fully saturated rings. The summed E-state index contributed by atoms with van der Waals surface area (Å²) in [6, 6.07) is 0. The maximum Gasteiger partial charge on any atom is 0.692 e. The van der Waals surface area contributed by atoms with Crippen molar-refractivity contribution >= 4 is 8.25 Å². The van der Waals surface area contributed by atoms with E-state index in [1.165, 1.54) is 0 Å². The summed E-state index contributed by atoms with van der Waals surface area (Å²) in [5.74, 6) is 0. The summed E-state index contributed by atoms with van der Waals surface area (Å²) in [5, 5.41) is 6.25. The molecule has 0 amide bonds. The predicted molar refractivity (Wildman–Crippen MR) is 17.0 cm³/mol. The smallest absolute Gasteiger partial charge is 0.512 e. The lowest BCUT2D eigenvalue weighted by atomic mass is 11.9. The number of hydrogen-bond acceptors (Lipinski definition) is 2. The lowest BCUT2D eigenvalue weighted by Crippen LogP contribution is -1.38. The van der Waals surface area contributed by atoms with Gasteiger partial charge in [-0.3, -0.25) is 0 Å². The molecule has 34 valence electrons. The van der Waals surface area contributed by atoms with Crippen LogP contribution >= 0.6 is 8.25 Å². The van der Waals surface area contributed by atoms with Gasteiger partial charge in [-0.05, 0) is 0 Å². The van der Waals surface area contributed by atoms with Gasteiger partial charge in [0.1, 0.15) is 0 Å². The minimum absolute atomic E-state index is 2.87. The van der Waals surface area contributed by atoms with Gasteiger partial charge in [0.2, 0.25) is 0 Å². The van der Waals surface area contributed by atoms with Crippen molar-refractivity contribution in [1.82, 2.24) is 0 Å². The second kappa shape index (κ2) is 8.82. The predicted octanol–water partition coefficient (Wildman–Crippen LogP) is -0.275. The first kappa shape index (κ1) is 9.10. The Bertz CT molecular complexity index is 55.1. The lowest BCUT2D eigenvalue weighted by molar-refractivity contribution is 0.405. The van der Waals surface area contributed by atoms with Crippen LogP contribution in [0.5, 0.6) is 0 Å². The van der Waals surface area contributed by atoms with Crippen LogP contribution in [-0.2, 0) is 4.57 Å². The van der Waals surface area contributed by atoms with Crippen molar-refractivity contribution in [2.45, 2.75) is 0 Å².